The molecule has 0 heterocycles. The van der Waals surface area contributed by atoms with E-state index in [4.69, 9.17) is 5.11 Å². The van der Waals surface area contributed by atoms with Crippen LogP contribution in [0.1, 0.15) is 42.9 Å². The second-order valence-corrected chi connectivity index (χ2v) is 5.20. The molecular weight excluding hydrogens is 242 g/mol. The number of aliphatic carboxylic acids is 1. The van der Waals surface area contributed by atoms with Crippen LogP contribution in [0.15, 0.2) is 24.3 Å². The lowest BCUT2D eigenvalue weighted by Crippen LogP contribution is -2.37. The minimum atomic E-state index is -0.903. The lowest BCUT2D eigenvalue weighted by Gasteiger charge is -2.27. The van der Waals surface area contributed by atoms with Crippen LogP contribution in [0, 0.1) is 12.8 Å². The van der Waals surface area contributed by atoms with E-state index in [1.165, 1.54) is 0 Å². The smallest absolute Gasteiger partial charge is 0.305 e. The maximum absolute atomic E-state index is 12.0. The monoisotopic (exact) mass is 261 g/mol. The minimum absolute atomic E-state index is 0.0157. The largest absolute Gasteiger partial charge is 0.481 e. The summed E-state index contributed by atoms with van der Waals surface area (Å²) >= 11 is 0. The summed E-state index contributed by atoms with van der Waals surface area (Å²) in [6, 6.07) is 7.18. The highest BCUT2D eigenvalue weighted by molar-refractivity contribution is 5.80. The molecule has 2 rings (SSSR count). The first kappa shape index (κ1) is 13.6. The van der Waals surface area contributed by atoms with Crippen molar-refractivity contribution in [2.75, 3.05) is 0 Å². The Morgan fingerprint density at radius 2 is 1.95 bits per heavy atom. The van der Waals surface area contributed by atoms with Crippen molar-refractivity contribution in [3.63, 3.8) is 0 Å². The van der Waals surface area contributed by atoms with Crippen LogP contribution in [-0.2, 0) is 9.59 Å². The van der Waals surface area contributed by atoms with Gasteiger partial charge in [0.15, 0.2) is 0 Å². The number of benzene rings is 1. The van der Waals surface area contributed by atoms with Crippen LogP contribution >= 0.6 is 0 Å². The van der Waals surface area contributed by atoms with Crippen molar-refractivity contribution in [2.45, 2.75) is 38.6 Å². The highest BCUT2D eigenvalue weighted by Crippen LogP contribution is 2.28. The third kappa shape index (κ3) is 3.56. The fraction of sp³-hybridized carbons (Fsp3) is 0.467. The third-order valence-corrected chi connectivity index (χ3v) is 3.65. The van der Waals surface area contributed by atoms with Gasteiger partial charge < -0.3 is 10.4 Å². The van der Waals surface area contributed by atoms with Gasteiger partial charge in [0.1, 0.15) is 0 Å². The van der Waals surface area contributed by atoms with Gasteiger partial charge in [-0.25, -0.2) is 0 Å². The SMILES string of the molecule is Cc1ccc([C@H](CC(=O)O)NC(=O)C2CCC2)cc1. The van der Waals surface area contributed by atoms with Gasteiger partial charge in [-0.3, -0.25) is 9.59 Å². The normalized spacial score (nSPS) is 16.5. The maximum atomic E-state index is 12.0. The summed E-state index contributed by atoms with van der Waals surface area (Å²) in [7, 11) is 0. The Labute approximate surface area is 112 Å². The van der Waals surface area contributed by atoms with Crippen LogP contribution in [0.5, 0.6) is 0 Å². The molecule has 102 valence electrons. The van der Waals surface area contributed by atoms with Gasteiger partial charge in [-0.2, -0.15) is 0 Å². The molecule has 1 aromatic carbocycles. The van der Waals surface area contributed by atoms with E-state index in [2.05, 4.69) is 5.32 Å². The molecule has 0 unspecified atom stereocenters. The summed E-state index contributed by atoms with van der Waals surface area (Å²) in [5, 5.41) is 11.8. The van der Waals surface area contributed by atoms with E-state index in [9.17, 15) is 9.59 Å². The Balaban J connectivity index is 2.08. The Morgan fingerprint density at radius 1 is 1.32 bits per heavy atom. The van der Waals surface area contributed by atoms with Crippen molar-refractivity contribution < 1.29 is 14.7 Å². The predicted molar refractivity (Wildman–Crippen MR) is 71.7 cm³/mol. The van der Waals surface area contributed by atoms with Gasteiger partial charge in [0.25, 0.3) is 0 Å². The molecule has 0 spiro atoms. The van der Waals surface area contributed by atoms with Crippen LogP contribution in [0.2, 0.25) is 0 Å². The number of rotatable bonds is 5. The number of carboxylic acid groups (broad SMARTS) is 1. The summed E-state index contributed by atoms with van der Waals surface area (Å²) < 4.78 is 0. The lowest BCUT2D eigenvalue weighted by molar-refractivity contribution is -0.138. The standard InChI is InChI=1S/C15H19NO3/c1-10-5-7-11(8-6-10)13(9-14(17)18)16-15(19)12-3-2-4-12/h5-8,12-13H,2-4,9H2,1H3,(H,16,19)(H,17,18)/t13-/m0/s1. The minimum Gasteiger partial charge on any atom is -0.481 e. The molecule has 0 radical (unpaired) electrons. The fourth-order valence-electron chi connectivity index (χ4n) is 2.19. The number of carboxylic acids is 1. The number of hydrogen-bond donors (Lipinski definition) is 2. The topological polar surface area (TPSA) is 66.4 Å². The average molecular weight is 261 g/mol. The lowest BCUT2D eigenvalue weighted by atomic mass is 9.84. The molecule has 4 heteroatoms. The first-order valence-corrected chi connectivity index (χ1v) is 6.65. The molecule has 0 aliphatic heterocycles. The molecule has 1 atom stereocenters. The summed E-state index contributed by atoms with van der Waals surface area (Å²) in [5.74, 6) is -0.848. The average Bonchev–Trinajstić information content (AvgIpc) is 2.26. The van der Waals surface area contributed by atoms with Crippen molar-refractivity contribution in [1.29, 1.82) is 0 Å². The zero-order chi connectivity index (χ0) is 13.8. The molecule has 0 bridgehead atoms. The quantitative estimate of drug-likeness (QED) is 0.855. The van der Waals surface area contributed by atoms with E-state index in [1.807, 2.05) is 31.2 Å². The van der Waals surface area contributed by atoms with Crippen molar-refractivity contribution in [3.05, 3.63) is 35.4 Å². The van der Waals surface area contributed by atoms with Crippen LogP contribution in [-0.4, -0.2) is 17.0 Å². The first-order chi connectivity index (χ1) is 9.06. The summed E-state index contributed by atoms with van der Waals surface area (Å²) in [6.07, 6.45) is 2.84. The third-order valence-electron chi connectivity index (χ3n) is 3.65. The van der Waals surface area contributed by atoms with Gasteiger partial charge in [-0.15, -0.1) is 0 Å². The van der Waals surface area contributed by atoms with Crippen molar-refractivity contribution >= 4 is 11.9 Å². The maximum Gasteiger partial charge on any atom is 0.305 e. The van der Waals surface area contributed by atoms with E-state index in [1.54, 1.807) is 0 Å². The second-order valence-electron chi connectivity index (χ2n) is 5.20. The number of amides is 1. The first-order valence-electron chi connectivity index (χ1n) is 6.65. The number of carbonyl (C=O) groups is 2. The molecule has 19 heavy (non-hydrogen) atoms. The Hall–Kier alpha value is -1.84. The van der Waals surface area contributed by atoms with E-state index >= 15 is 0 Å². The highest BCUT2D eigenvalue weighted by Gasteiger charge is 2.28. The summed E-state index contributed by atoms with van der Waals surface area (Å²) in [5.41, 5.74) is 1.96. The molecule has 1 aliphatic rings. The molecule has 4 nitrogen and oxygen atoms in total. The molecule has 0 saturated heterocycles. The summed E-state index contributed by atoms with van der Waals surface area (Å²) in [4.78, 5) is 22.9. The second kappa shape index (κ2) is 5.87. The van der Waals surface area contributed by atoms with E-state index in [-0.39, 0.29) is 18.2 Å². The number of nitrogens with one attached hydrogen (secondary N) is 1. The molecule has 1 saturated carbocycles. The van der Waals surface area contributed by atoms with E-state index < -0.39 is 12.0 Å². The van der Waals surface area contributed by atoms with Gasteiger partial charge in [0.2, 0.25) is 5.91 Å². The van der Waals surface area contributed by atoms with E-state index in [0.717, 1.165) is 30.4 Å². The van der Waals surface area contributed by atoms with Gasteiger partial charge >= 0.3 is 5.97 Å². The number of carbonyl (C=O) groups excluding carboxylic acids is 1. The zero-order valence-electron chi connectivity index (χ0n) is 11.1. The molecule has 1 aliphatic carbocycles. The van der Waals surface area contributed by atoms with Crippen LogP contribution in [0.25, 0.3) is 0 Å². The van der Waals surface area contributed by atoms with Crippen molar-refractivity contribution in [2.24, 2.45) is 5.92 Å². The van der Waals surface area contributed by atoms with E-state index in [0.29, 0.717) is 0 Å². The molecule has 1 amide bonds. The summed E-state index contributed by atoms with van der Waals surface area (Å²) in [6.45, 7) is 1.98. The highest BCUT2D eigenvalue weighted by atomic mass is 16.4. The molecule has 2 N–H and O–H groups in total. The molecule has 0 aromatic heterocycles. The van der Waals surface area contributed by atoms with Crippen molar-refractivity contribution in [1.82, 2.24) is 5.32 Å². The number of aryl methyl sites for hydroxylation is 1. The number of hydrogen-bond acceptors (Lipinski definition) is 2. The fourth-order valence-corrected chi connectivity index (χ4v) is 2.19. The van der Waals surface area contributed by atoms with Gasteiger partial charge in [-0.1, -0.05) is 36.2 Å². The Morgan fingerprint density at radius 3 is 2.42 bits per heavy atom. The Kier molecular flexibility index (Phi) is 4.20. The predicted octanol–water partition coefficient (Wildman–Crippen LogP) is 2.43. The zero-order valence-corrected chi connectivity index (χ0v) is 11.1. The molecular formula is C15H19NO3. The van der Waals surface area contributed by atoms with Crippen molar-refractivity contribution in [3.8, 4) is 0 Å². The van der Waals surface area contributed by atoms with Crippen LogP contribution < -0.4 is 5.32 Å². The van der Waals surface area contributed by atoms with Gasteiger partial charge in [0, 0.05) is 5.92 Å². The van der Waals surface area contributed by atoms with Gasteiger partial charge in [-0.05, 0) is 25.3 Å². The van der Waals surface area contributed by atoms with Gasteiger partial charge in [0.05, 0.1) is 12.5 Å². The van der Waals surface area contributed by atoms with Crippen LogP contribution in [0.4, 0.5) is 0 Å². The van der Waals surface area contributed by atoms with Crippen LogP contribution in [0.3, 0.4) is 0 Å². The Bertz CT molecular complexity index is 463. The molecule has 1 aromatic rings. The molecule has 1 fully saturated rings.